The van der Waals surface area contributed by atoms with Crippen molar-refractivity contribution in [3.63, 3.8) is 0 Å². The van der Waals surface area contributed by atoms with Crippen LogP contribution in [0.4, 0.5) is 4.79 Å². The first-order chi connectivity index (χ1) is 20.1. The molecule has 2 fully saturated rings. The normalized spacial score (nSPS) is 20.8. The minimum atomic E-state index is -1.08. The third-order valence-electron chi connectivity index (χ3n) is 8.80. The summed E-state index contributed by atoms with van der Waals surface area (Å²) in [5.74, 6) is -2.38. The van der Waals surface area contributed by atoms with Gasteiger partial charge in [-0.05, 0) is 53.9 Å². The zero-order valence-corrected chi connectivity index (χ0v) is 26.8. The highest BCUT2D eigenvalue weighted by Gasteiger charge is 2.48. The second-order valence-corrected chi connectivity index (χ2v) is 14.1. The maximum absolute atomic E-state index is 14.2. The lowest BCUT2D eigenvalue weighted by Crippen LogP contribution is -2.61. The fourth-order valence-electron chi connectivity index (χ4n) is 5.92. The van der Waals surface area contributed by atoms with E-state index in [1.54, 1.807) is 4.90 Å². The molecule has 5 N–H and O–H groups in total. The Labute approximate surface area is 256 Å². The summed E-state index contributed by atoms with van der Waals surface area (Å²) in [5, 5.41) is 8.77. The van der Waals surface area contributed by atoms with Gasteiger partial charge in [-0.1, -0.05) is 91.6 Å². The van der Waals surface area contributed by atoms with Gasteiger partial charge >= 0.3 is 6.03 Å². The van der Waals surface area contributed by atoms with Crippen LogP contribution in [-0.4, -0.2) is 65.1 Å². The third kappa shape index (κ3) is 9.28. The Morgan fingerprint density at radius 1 is 0.930 bits per heavy atom. The lowest BCUT2D eigenvalue weighted by atomic mass is 9.84. The number of amides is 5. The predicted octanol–water partition coefficient (Wildman–Crippen LogP) is 3.18. The van der Waals surface area contributed by atoms with Crippen molar-refractivity contribution in [1.29, 1.82) is 0 Å². The molecule has 2 unspecified atom stereocenters. The topological polar surface area (TPSA) is 151 Å². The Kier molecular flexibility index (Phi) is 11.4. The molecule has 1 heterocycles. The first kappa shape index (κ1) is 34.1. The lowest BCUT2D eigenvalue weighted by Gasteiger charge is -2.37. The van der Waals surface area contributed by atoms with Crippen molar-refractivity contribution < 1.29 is 24.0 Å². The summed E-state index contributed by atoms with van der Waals surface area (Å²) in [5.41, 5.74) is 5.74. The van der Waals surface area contributed by atoms with Crippen LogP contribution in [0.15, 0.2) is 30.3 Å². The number of hydrogen-bond donors (Lipinski definition) is 4. The van der Waals surface area contributed by atoms with Crippen molar-refractivity contribution in [3.8, 4) is 0 Å². The van der Waals surface area contributed by atoms with Crippen molar-refractivity contribution in [3.05, 3.63) is 35.9 Å². The van der Waals surface area contributed by atoms with Crippen molar-refractivity contribution in [2.24, 2.45) is 34.8 Å². The fourth-order valence-corrected chi connectivity index (χ4v) is 5.92. The number of benzene rings is 1. The molecule has 3 rings (SSSR count). The molecule has 10 nitrogen and oxygen atoms in total. The number of nitrogens with zero attached hydrogens (tertiary/aromatic N) is 1. The molecule has 0 spiro atoms. The summed E-state index contributed by atoms with van der Waals surface area (Å²) in [6.07, 6.45) is 3.48. The number of rotatable bonds is 13. The standard InChI is InChI=1S/C33H51N5O5/c1-19(2)23-15-16-38(26(23)30(41)35-25(18-22-13-14-22)27(39)29(34)40)31(42)28(33(5,6)7)37-32(43)36-24(20(3)4)17-21-11-9-8-10-12-21/h8-12,19-20,22-26,28H,13-18H2,1-7H3,(H2,34,40)(H,35,41)(H2,36,37,43)/t23?,24-,25?,26+,28-/m1/s1. The van der Waals surface area contributed by atoms with E-state index in [-0.39, 0.29) is 35.6 Å². The molecule has 2 aliphatic rings. The Bertz CT molecular complexity index is 1160. The summed E-state index contributed by atoms with van der Waals surface area (Å²) in [6, 6.07) is 6.56. The summed E-state index contributed by atoms with van der Waals surface area (Å²) in [7, 11) is 0. The van der Waals surface area contributed by atoms with E-state index in [1.807, 2.05) is 78.8 Å². The molecule has 0 bridgehead atoms. The maximum Gasteiger partial charge on any atom is 0.315 e. The highest BCUT2D eigenvalue weighted by Crippen LogP contribution is 2.35. The van der Waals surface area contributed by atoms with E-state index >= 15 is 0 Å². The molecule has 0 radical (unpaired) electrons. The van der Waals surface area contributed by atoms with E-state index in [1.165, 1.54) is 0 Å². The van der Waals surface area contributed by atoms with Crippen LogP contribution in [-0.2, 0) is 25.6 Å². The van der Waals surface area contributed by atoms with Gasteiger partial charge in [-0.25, -0.2) is 4.79 Å². The van der Waals surface area contributed by atoms with Gasteiger partial charge in [-0.3, -0.25) is 19.2 Å². The van der Waals surface area contributed by atoms with Gasteiger partial charge in [0.25, 0.3) is 5.91 Å². The van der Waals surface area contributed by atoms with Crippen molar-refractivity contribution in [2.45, 2.75) is 105 Å². The predicted molar refractivity (Wildman–Crippen MR) is 166 cm³/mol. The molecule has 10 heteroatoms. The average molecular weight is 598 g/mol. The number of likely N-dealkylation sites (tertiary alicyclic amines) is 1. The molecule has 1 saturated heterocycles. The van der Waals surface area contributed by atoms with Crippen LogP contribution in [0.2, 0.25) is 0 Å². The van der Waals surface area contributed by atoms with Crippen LogP contribution < -0.4 is 21.7 Å². The van der Waals surface area contributed by atoms with E-state index in [0.29, 0.717) is 25.8 Å². The minimum Gasteiger partial charge on any atom is -0.363 e. The summed E-state index contributed by atoms with van der Waals surface area (Å²) >= 11 is 0. The summed E-state index contributed by atoms with van der Waals surface area (Å²) in [4.78, 5) is 67.2. The Balaban J connectivity index is 1.80. The number of carbonyl (C=O) groups is 5. The van der Waals surface area contributed by atoms with Crippen LogP contribution in [0.1, 0.15) is 79.7 Å². The quantitative estimate of drug-likeness (QED) is 0.258. The lowest BCUT2D eigenvalue weighted by molar-refractivity contribution is -0.144. The zero-order chi connectivity index (χ0) is 32.1. The van der Waals surface area contributed by atoms with E-state index < -0.39 is 47.2 Å². The van der Waals surface area contributed by atoms with Crippen LogP contribution in [0, 0.1) is 29.1 Å². The molecular formula is C33H51N5O5. The van der Waals surface area contributed by atoms with Gasteiger partial charge in [0.1, 0.15) is 12.1 Å². The molecule has 1 aliphatic carbocycles. The van der Waals surface area contributed by atoms with Crippen LogP contribution in [0.5, 0.6) is 0 Å². The molecule has 1 saturated carbocycles. The van der Waals surface area contributed by atoms with Gasteiger partial charge in [-0.2, -0.15) is 0 Å². The molecule has 1 aromatic rings. The molecule has 0 aromatic heterocycles. The number of nitrogens with two attached hydrogens (primary N) is 1. The fraction of sp³-hybridized carbons (Fsp3) is 0.667. The van der Waals surface area contributed by atoms with Gasteiger partial charge in [-0.15, -0.1) is 0 Å². The van der Waals surface area contributed by atoms with Gasteiger partial charge in [0.15, 0.2) is 0 Å². The summed E-state index contributed by atoms with van der Waals surface area (Å²) < 4.78 is 0. The van der Waals surface area contributed by atoms with E-state index in [2.05, 4.69) is 16.0 Å². The van der Waals surface area contributed by atoms with Crippen LogP contribution >= 0.6 is 0 Å². The highest BCUT2D eigenvalue weighted by atomic mass is 16.2. The van der Waals surface area contributed by atoms with Gasteiger partial charge in [0, 0.05) is 12.6 Å². The first-order valence-electron chi connectivity index (χ1n) is 15.7. The third-order valence-corrected chi connectivity index (χ3v) is 8.80. The highest BCUT2D eigenvalue weighted by molar-refractivity contribution is 6.37. The Morgan fingerprint density at radius 3 is 2.07 bits per heavy atom. The minimum absolute atomic E-state index is 0.0800. The summed E-state index contributed by atoms with van der Waals surface area (Å²) in [6.45, 7) is 14.1. The largest absolute Gasteiger partial charge is 0.363 e. The first-order valence-corrected chi connectivity index (χ1v) is 15.7. The van der Waals surface area contributed by atoms with E-state index in [4.69, 9.17) is 5.73 Å². The maximum atomic E-state index is 14.2. The second-order valence-electron chi connectivity index (χ2n) is 14.1. The molecule has 1 aliphatic heterocycles. The number of carbonyl (C=O) groups excluding carboxylic acids is 5. The molecule has 1 aromatic carbocycles. The zero-order valence-electron chi connectivity index (χ0n) is 26.8. The smallest absolute Gasteiger partial charge is 0.315 e. The molecule has 43 heavy (non-hydrogen) atoms. The van der Waals surface area contributed by atoms with Crippen molar-refractivity contribution in [1.82, 2.24) is 20.9 Å². The Hall–Kier alpha value is -3.43. The average Bonchev–Trinajstić information content (AvgIpc) is 3.63. The number of nitrogens with one attached hydrogen (secondary N) is 3. The monoisotopic (exact) mass is 597 g/mol. The molecular weight excluding hydrogens is 546 g/mol. The van der Waals surface area contributed by atoms with Gasteiger partial charge in [0.05, 0.1) is 6.04 Å². The second kappa shape index (κ2) is 14.4. The van der Waals surface area contributed by atoms with Crippen LogP contribution in [0.3, 0.4) is 0 Å². The number of primary amides is 1. The molecule has 238 valence electrons. The number of hydrogen-bond acceptors (Lipinski definition) is 5. The van der Waals surface area contributed by atoms with Crippen molar-refractivity contribution >= 4 is 29.5 Å². The number of ketones is 1. The van der Waals surface area contributed by atoms with Crippen LogP contribution in [0.25, 0.3) is 0 Å². The van der Waals surface area contributed by atoms with E-state index in [0.717, 1.165) is 18.4 Å². The van der Waals surface area contributed by atoms with E-state index in [9.17, 15) is 24.0 Å². The molecule has 5 amide bonds. The molecule has 5 atom stereocenters. The SMILES string of the molecule is CC(C)C1CCN(C(=O)[C@@H](NC(=O)N[C@H](Cc2ccccc2)C(C)C)C(C)(C)C)[C@@H]1C(=O)NC(CC1CC1)C(=O)C(N)=O. The number of Topliss-reactive ketones (excluding diaryl/α,β-unsaturated/α-hetero) is 1. The number of urea groups is 1. The Morgan fingerprint density at radius 2 is 1.56 bits per heavy atom. The van der Waals surface area contributed by atoms with Gasteiger partial charge < -0.3 is 26.6 Å². The van der Waals surface area contributed by atoms with Gasteiger partial charge in [0.2, 0.25) is 17.6 Å². The van der Waals surface area contributed by atoms with Crippen molar-refractivity contribution in [2.75, 3.05) is 6.54 Å².